The summed E-state index contributed by atoms with van der Waals surface area (Å²) < 4.78 is 13.7. The van der Waals surface area contributed by atoms with Crippen LogP contribution in [0.25, 0.3) is 0 Å². The zero-order valence-electron chi connectivity index (χ0n) is 10.2. The predicted octanol–water partition coefficient (Wildman–Crippen LogP) is 4.22. The van der Waals surface area contributed by atoms with Crippen molar-refractivity contribution in [3.05, 3.63) is 52.3 Å². The molecule has 102 valence electrons. The van der Waals surface area contributed by atoms with Gasteiger partial charge in [-0.05, 0) is 30.3 Å². The Bertz CT molecular complexity index is 688. The number of fused-ring (bicyclic) bond motifs is 1. The molecule has 0 bridgehead atoms. The van der Waals surface area contributed by atoms with Crippen LogP contribution < -0.4 is 10.2 Å². The Morgan fingerprint density at radius 2 is 1.85 bits per heavy atom. The first kappa shape index (κ1) is 13.2. The van der Waals surface area contributed by atoms with Gasteiger partial charge in [0, 0.05) is 16.8 Å². The molecule has 1 heterocycles. The summed E-state index contributed by atoms with van der Waals surface area (Å²) in [5, 5.41) is 3.25. The van der Waals surface area contributed by atoms with Crippen molar-refractivity contribution in [2.24, 2.45) is 0 Å². The van der Waals surface area contributed by atoms with Crippen LogP contribution in [0.1, 0.15) is 0 Å². The van der Waals surface area contributed by atoms with E-state index in [2.05, 4.69) is 5.32 Å². The summed E-state index contributed by atoms with van der Waals surface area (Å²) >= 11 is 11.6. The van der Waals surface area contributed by atoms with E-state index in [0.717, 1.165) is 5.69 Å². The molecular formula is C14H9Cl2FN2O. The second kappa shape index (κ2) is 4.96. The monoisotopic (exact) mass is 310 g/mol. The van der Waals surface area contributed by atoms with E-state index in [1.54, 1.807) is 29.2 Å². The van der Waals surface area contributed by atoms with E-state index in [1.807, 2.05) is 0 Å². The molecule has 0 atom stereocenters. The minimum Gasteiger partial charge on any atom is -0.330 e. The van der Waals surface area contributed by atoms with Gasteiger partial charge in [0.1, 0.15) is 12.4 Å². The van der Waals surface area contributed by atoms with Gasteiger partial charge in [-0.25, -0.2) is 4.39 Å². The second-order valence-corrected chi connectivity index (χ2v) is 5.24. The molecule has 2 aromatic carbocycles. The Morgan fingerprint density at radius 3 is 2.55 bits per heavy atom. The molecule has 3 rings (SSSR count). The fourth-order valence-corrected chi connectivity index (χ4v) is 2.42. The lowest BCUT2D eigenvalue weighted by Crippen LogP contribution is -2.35. The van der Waals surface area contributed by atoms with Gasteiger partial charge in [0.15, 0.2) is 0 Å². The minimum absolute atomic E-state index is 0.0259. The molecule has 2 aromatic rings. The number of hydrogen-bond acceptors (Lipinski definition) is 2. The maximum atomic E-state index is 13.7. The number of rotatable bonds is 1. The normalized spacial score (nSPS) is 13.9. The van der Waals surface area contributed by atoms with Crippen molar-refractivity contribution < 1.29 is 9.18 Å². The van der Waals surface area contributed by atoms with Crippen LogP contribution in [0.15, 0.2) is 36.4 Å². The Balaban J connectivity index is 2.12. The van der Waals surface area contributed by atoms with Gasteiger partial charge in [-0.2, -0.15) is 0 Å². The van der Waals surface area contributed by atoms with E-state index in [-0.39, 0.29) is 17.5 Å². The van der Waals surface area contributed by atoms with Crippen molar-refractivity contribution in [3.8, 4) is 0 Å². The smallest absolute Gasteiger partial charge is 0.244 e. The molecule has 1 aliphatic rings. The molecule has 0 radical (unpaired) electrons. The van der Waals surface area contributed by atoms with Crippen molar-refractivity contribution in [2.75, 3.05) is 16.8 Å². The van der Waals surface area contributed by atoms with Crippen molar-refractivity contribution in [1.29, 1.82) is 0 Å². The Morgan fingerprint density at radius 1 is 1.15 bits per heavy atom. The van der Waals surface area contributed by atoms with E-state index >= 15 is 0 Å². The van der Waals surface area contributed by atoms with Gasteiger partial charge in [0.05, 0.1) is 16.4 Å². The van der Waals surface area contributed by atoms with Gasteiger partial charge in [0.25, 0.3) is 0 Å². The number of halogens is 3. The van der Waals surface area contributed by atoms with Crippen LogP contribution in [0.3, 0.4) is 0 Å². The quantitative estimate of drug-likeness (QED) is 0.855. The molecule has 1 N–H and O–H groups in total. The molecule has 0 aliphatic carbocycles. The van der Waals surface area contributed by atoms with Crippen molar-refractivity contribution >= 4 is 46.2 Å². The number of nitrogens with zero attached hydrogens (tertiary/aromatic N) is 1. The highest BCUT2D eigenvalue weighted by atomic mass is 35.5. The van der Waals surface area contributed by atoms with Crippen LogP contribution in [0.5, 0.6) is 0 Å². The van der Waals surface area contributed by atoms with E-state index in [9.17, 15) is 9.18 Å². The van der Waals surface area contributed by atoms with Crippen molar-refractivity contribution in [3.63, 3.8) is 0 Å². The Labute approximate surface area is 124 Å². The summed E-state index contributed by atoms with van der Waals surface area (Å²) in [4.78, 5) is 13.5. The predicted molar refractivity (Wildman–Crippen MR) is 78.5 cm³/mol. The molecule has 0 aromatic heterocycles. The first-order chi connectivity index (χ1) is 9.54. The molecule has 0 saturated heterocycles. The third kappa shape index (κ3) is 2.32. The van der Waals surface area contributed by atoms with Gasteiger partial charge in [0.2, 0.25) is 5.91 Å². The summed E-state index contributed by atoms with van der Waals surface area (Å²) in [6, 6.07) is 9.71. The zero-order valence-corrected chi connectivity index (χ0v) is 11.7. The van der Waals surface area contributed by atoms with E-state index < -0.39 is 5.82 Å². The fraction of sp³-hybridized carbons (Fsp3) is 0.0714. The van der Waals surface area contributed by atoms with Crippen LogP contribution in [-0.4, -0.2) is 12.5 Å². The van der Waals surface area contributed by atoms with Gasteiger partial charge < -0.3 is 10.2 Å². The van der Waals surface area contributed by atoms with Gasteiger partial charge >= 0.3 is 0 Å². The van der Waals surface area contributed by atoms with Crippen LogP contribution in [0.2, 0.25) is 10.0 Å². The van der Waals surface area contributed by atoms with E-state index in [1.165, 1.54) is 12.1 Å². The highest BCUT2D eigenvalue weighted by Gasteiger charge is 2.24. The van der Waals surface area contributed by atoms with Crippen LogP contribution >= 0.6 is 23.2 Å². The summed E-state index contributed by atoms with van der Waals surface area (Å²) in [6.07, 6.45) is 0. The summed E-state index contributed by atoms with van der Waals surface area (Å²) in [5.74, 6) is -0.712. The minimum atomic E-state index is -0.527. The molecule has 0 saturated carbocycles. The third-order valence-electron chi connectivity index (χ3n) is 3.04. The molecule has 1 aliphatic heterocycles. The van der Waals surface area contributed by atoms with E-state index in [0.29, 0.717) is 16.4 Å². The highest BCUT2D eigenvalue weighted by molar-refractivity contribution is 6.31. The summed E-state index contributed by atoms with van der Waals surface area (Å²) in [5.41, 5.74) is 1.81. The zero-order chi connectivity index (χ0) is 14.3. The molecule has 0 spiro atoms. The highest BCUT2D eigenvalue weighted by Crippen LogP contribution is 2.38. The number of benzene rings is 2. The lowest BCUT2D eigenvalue weighted by atomic mass is 10.1. The largest absolute Gasteiger partial charge is 0.330 e. The molecular weight excluding hydrogens is 302 g/mol. The van der Waals surface area contributed by atoms with E-state index in [4.69, 9.17) is 23.2 Å². The number of anilines is 3. The average Bonchev–Trinajstić information content (AvgIpc) is 2.41. The molecule has 3 nitrogen and oxygen atoms in total. The summed E-state index contributed by atoms with van der Waals surface area (Å²) in [6.45, 7) is 0.107. The lowest BCUT2D eigenvalue weighted by Gasteiger charge is -2.31. The Kier molecular flexibility index (Phi) is 3.28. The standard InChI is InChI=1S/C14H9Cl2FN2O/c15-8-1-3-9(4-2-8)19-7-14(20)18-12-5-10(16)11(17)6-13(12)19/h1-6H,7H2,(H,18,20). The molecule has 6 heteroatoms. The topological polar surface area (TPSA) is 32.3 Å². The van der Waals surface area contributed by atoms with Crippen molar-refractivity contribution in [1.82, 2.24) is 0 Å². The summed E-state index contributed by atoms with van der Waals surface area (Å²) in [7, 11) is 0. The number of carbonyl (C=O) groups excluding carboxylic acids is 1. The fourth-order valence-electron chi connectivity index (χ4n) is 2.13. The average molecular weight is 311 g/mol. The maximum absolute atomic E-state index is 13.7. The van der Waals surface area contributed by atoms with Crippen LogP contribution in [0.4, 0.5) is 21.5 Å². The van der Waals surface area contributed by atoms with Crippen LogP contribution in [-0.2, 0) is 4.79 Å². The number of carbonyl (C=O) groups is 1. The number of nitrogens with one attached hydrogen (secondary N) is 1. The Hall–Kier alpha value is -1.78. The molecule has 0 unspecified atom stereocenters. The van der Waals surface area contributed by atoms with Gasteiger partial charge in [-0.3, -0.25) is 4.79 Å². The lowest BCUT2D eigenvalue weighted by molar-refractivity contribution is -0.115. The number of amides is 1. The molecule has 1 amide bonds. The number of hydrogen-bond donors (Lipinski definition) is 1. The van der Waals surface area contributed by atoms with Gasteiger partial charge in [-0.15, -0.1) is 0 Å². The van der Waals surface area contributed by atoms with Gasteiger partial charge in [-0.1, -0.05) is 23.2 Å². The molecule has 0 fully saturated rings. The SMILES string of the molecule is O=C1CN(c2ccc(Cl)cc2)c2cc(F)c(Cl)cc2N1. The maximum Gasteiger partial charge on any atom is 0.244 e. The van der Waals surface area contributed by atoms with Crippen molar-refractivity contribution in [2.45, 2.75) is 0 Å². The van der Waals surface area contributed by atoms with Crippen LogP contribution in [0, 0.1) is 5.82 Å². The third-order valence-corrected chi connectivity index (χ3v) is 3.59. The molecule has 20 heavy (non-hydrogen) atoms. The second-order valence-electron chi connectivity index (χ2n) is 4.39. The first-order valence-corrected chi connectivity index (χ1v) is 6.62. The first-order valence-electron chi connectivity index (χ1n) is 5.86.